The van der Waals surface area contributed by atoms with Gasteiger partial charge in [-0.3, -0.25) is 9.59 Å². The van der Waals surface area contributed by atoms with Crippen molar-refractivity contribution in [3.63, 3.8) is 0 Å². The summed E-state index contributed by atoms with van der Waals surface area (Å²) >= 11 is 0. The van der Waals surface area contributed by atoms with Gasteiger partial charge in [-0.2, -0.15) is 0 Å². The Labute approximate surface area is 163 Å². The van der Waals surface area contributed by atoms with Crippen molar-refractivity contribution >= 4 is 17.6 Å². The van der Waals surface area contributed by atoms with E-state index in [0.29, 0.717) is 44.3 Å². The Morgan fingerprint density at radius 3 is 2.50 bits per heavy atom. The Morgan fingerprint density at radius 1 is 1.04 bits per heavy atom. The summed E-state index contributed by atoms with van der Waals surface area (Å²) in [5.41, 5.74) is 2.22. The molecule has 0 unspecified atom stereocenters. The van der Waals surface area contributed by atoms with Crippen LogP contribution in [0.3, 0.4) is 0 Å². The van der Waals surface area contributed by atoms with E-state index in [0.717, 1.165) is 42.0 Å². The molecule has 2 amide bonds. The molecular formula is C21H23N5O2. The molecule has 7 heteroatoms. The molecule has 1 aromatic carbocycles. The van der Waals surface area contributed by atoms with Gasteiger partial charge < -0.3 is 15.1 Å². The van der Waals surface area contributed by atoms with Crippen LogP contribution in [0, 0.1) is 0 Å². The van der Waals surface area contributed by atoms with Crippen LogP contribution in [0.2, 0.25) is 0 Å². The molecule has 28 heavy (non-hydrogen) atoms. The molecular weight excluding hydrogens is 354 g/mol. The molecule has 2 aliphatic heterocycles. The van der Waals surface area contributed by atoms with E-state index in [1.54, 1.807) is 0 Å². The van der Waals surface area contributed by atoms with Crippen LogP contribution in [0.5, 0.6) is 0 Å². The average molecular weight is 377 g/mol. The third-order valence-electron chi connectivity index (χ3n) is 5.71. The molecule has 3 aliphatic rings. The van der Waals surface area contributed by atoms with Crippen LogP contribution in [-0.4, -0.2) is 59.4 Å². The van der Waals surface area contributed by atoms with Crippen LogP contribution in [0.4, 0.5) is 5.82 Å². The van der Waals surface area contributed by atoms with Crippen LogP contribution >= 0.6 is 0 Å². The fourth-order valence-electron chi connectivity index (χ4n) is 3.96. The lowest BCUT2D eigenvalue weighted by Crippen LogP contribution is -2.49. The van der Waals surface area contributed by atoms with Crippen molar-refractivity contribution in [2.75, 3.05) is 37.6 Å². The first-order chi connectivity index (χ1) is 13.7. The monoisotopic (exact) mass is 377 g/mol. The van der Waals surface area contributed by atoms with Gasteiger partial charge in [0.05, 0.1) is 0 Å². The number of benzene rings is 1. The maximum atomic E-state index is 12.7. The third-order valence-corrected chi connectivity index (χ3v) is 5.71. The van der Waals surface area contributed by atoms with Gasteiger partial charge in [0.1, 0.15) is 17.3 Å². The van der Waals surface area contributed by atoms with Gasteiger partial charge in [-0.1, -0.05) is 18.2 Å². The number of nitrogens with one attached hydrogen (secondary N) is 1. The van der Waals surface area contributed by atoms with Crippen molar-refractivity contribution in [2.24, 2.45) is 0 Å². The molecule has 144 valence electrons. The van der Waals surface area contributed by atoms with E-state index in [-0.39, 0.29) is 11.8 Å². The smallest absolute Gasteiger partial charge is 0.270 e. The molecule has 1 N–H and O–H groups in total. The zero-order valence-corrected chi connectivity index (χ0v) is 15.7. The molecule has 1 aliphatic carbocycles. The average Bonchev–Trinajstić information content (AvgIpc) is 3.59. The van der Waals surface area contributed by atoms with Crippen molar-refractivity contribution in [2.45, 2.75) is 25.2 Å². The maximum Gasteiger partial charge on any atom is 0.270 e. The first-order valence-corrected chi connectivity index (χ1v) is 9.99. The summed E-state index contributed by atoms with van der Waals surface area (Å²) in [5, 5.41) is 2.89. The molecule has 0 bridgehead atoms. The van der Waals surface area contributed by atoms with E-state index >= 15 is 0 Å². The van der Waals surface area contributed by atoms with E-state index in [4.69, 9.17) is 4.98 Å². The highest BCUT2D eigenvalue weighted by molar-refractivity contribution is 5.96. The quantitative estimate of drug-likeness (QED) is 0.879. The minimum absolute atomic E-state index is 0.0722. The number of aromatic nitrogens is 2. The molecule has 1 saturated carbocycles. The standard InChI is InChI=1S/C21H23N5O2/c27-20-17-16(8-9-22-20)19(24-18(23-17)14-6-7-14)25-10-12-26(13-11-25)21(28)15-4-2-1-3-5-15/h1-5,14H,6-13H2,(H,22,27). The van der Waals surface area contributed by atoms with Gasteiger partial charge in [0, 0.05) is 49.8 Å². The van der Waals surface area contributed by atoms with E-state index in [1.807, 2.05) is 35.2 Å². The molecule has 3 heterocycles. The van der Waals surface area contributed by atoms with Gasteiger partial charge in [0.25, 0.3) is 11.8 Å². The predicted molar refractivity (Wildman–Crippen MR) is 105 cm³/mol. The highest BCUT2D eigenvalue weighted by Gasteiger charge is 2.33. The minimum atomic E-state index is -0.0929. The predicted octanol–water partition coefficient (Wildman–Crippen LogP) is 1.60. The Kier molecular flexibility index (Phi) is 4.22. The van der Waals surface area contributed by atoms with E-state index in [9.17, 15) is 9.59 Å². The van der Waals surface area contributed by atoms with Gasteiger partial charge in [-0.25, -0.2) is 9.97 Å². The number of hydrogen-bond donors (Lipinski definition) is 1. The summed E-state index contributed by atoms with van der Waals surface area (Å²) in [6.07, 6.45) is 2.95. The highest BCUT2D eigenvalue weighted by atomic mass is 16.2. The molecule has 5 rings (SSSR count). The lowest BCUT2D eigenvalue weighted by Gasteiger charge is -2.37. The third kappa shape index (κ3) is 3.10. The van der Waals surface area contributed by atoms with Crippen LogP contribution in [-0.2, 0) is 6.42 Å². The zero-order chi connectivity index (χ0) is 19.1. The number of piperazine rings is 1. The van der Waals surface area contributed by atoms with Crippen LogP contribution in [0.1, 0.15) is 51.0 Å². The summed E-state index contributed by atoms with van der Waals surface area (Å²) in [7, 11) is 0. The first-order valence-electron chi connectivity index (χ1n) is 9.99. The lowest BCUT2D eigenvalue weighted by atomic mass is 10.0. The van der Waals surface area contributed by atoms with Crippen molar-refractivity contribution in [3.8, 4) is 0 Å². The number of amides is 2. The van der Waals surface area contributed by atoms with Crippen LogP contribution in [0.25, 0.3) is 0 Å². The fourth-order valence-corrected chi connectivity index (χ4v) is 3.96. The van der Waals surface area contributed by atoms with E-state index in [1.165, 1.54) is 0 Å². The summed E-state index contributed by atoms with van der Waals surface area (Å²) in [6.45, 7) is 3.36. The second-order valence-corrected chi connectivity index (χ2v) is 7.66. The Hall–Kier alpha value is -2.96. The number of nitrogens with zero attached hydrogens (tertiary/aromatic N) is 4. The molecule has 0 atom stereocenters. The molecule has 1 saturated heterocycles. The van der Waals surface area contributed by atoms with Crippen molar-refractivity contribution in [1.29, 1.82) is 0 Å². The Morgan fingerprint density at radius 2 is 1.79 bits per heavy atom. The number of carbonyl (C=O) groups excluding carboxylic acids is 2. The number of rotatable bonds is 3. The second-order valence-electron chi connectivity index (χ2n) is 7.66. The van der Waals surface area contributed by atoms with Crippen molar-refractivity contribution < 1.29 is 9.59 Å². The second kappa shape index (κ2) is 6.89. The van der Waals surface area contributed by atoms with Gasteiger partial charge in [0.2, 0.25) is 0 Å². The van der Waals surface area contributed by atoms with Gasteiger partial charge in [0.15, 0.2) is 0 Å². The molecule has 0 radical (unpaired) electrons. The number of anilines is 1. The summed E-state index contributed by atoms with van der Waals surface area (Å²) in [5.74, 6) is 2.06. The van der Waals surface area contributed by atoms with Crippen LogP contribution < -0.4 is 10.2 Å². The number of fused-ring (bicyclic) bond motifs is 1. The summed E-state index contributed by atoms with van der Waals surface area (Å²) in [4.78, 5) is 38.6. The van der Waals surface area contributed by atoms with E-state index in [2.05, 4.69) is 15.2 Å². The van der Waals surface area contributed by atoms with Crippen molar-refractivity contribution in [1.82, 2.24) is 20.2 Å². The molecule has 0 spiro atoms. The number of carbonyl (C=O) groups is 2. The highest BCUT2D eigenvalue weighted by Crippen LogP contribution is 2.39. The largest absolute Gasteiger partial charge is 0.353 e. The normalized spacial score (nSPS) is 19.2. The molecule has 7 nitrogen and oxygen atoms in total. The van der Waals surface area contributed by atoms with Crippen molar-refractivity contribution in [3.05, 3.63) is 53.0 Å². The topological polar surface area (TPSA) is 78.4 Å². The van der Waals surface area contributed by atoms with Gasteiger partial charge in [-0.05, 0) is 31.4 Å². The van der Waals surface area contributed by atoms with Gasteiger partial charge in [-0.15, -0.1) is 0 Å². The fraction of sp³-hybridized carbons (Fsp3) is 0.429. The number of hydrogen-bond acceptors (Lipinski definition) is 5. The molecule has 2 fully saturated rings. The van der Waals surface area contributed by atoms with Gasteiger partial charge >= 0.3 is 0 Å². The SMILES string of the molecule is O=C1NCCc2c1nc(C1CC1)nc2N1CCN(C(=O)c2ccccc2)CC1. The molecule has 2 aromatic rings. The lowest BCUT2D eigenvalue weighted by molar-refractivity contribution is 0.0746. The minimum Gasteiger partial charge on any atom is -0.353 e. The zero-order valence-electron chi connectivity index (χ0n) is 15.7. The Balaban J connectivity index is 1.38. The first kappa shape index (κ1) is 17.2. The maximum absolute atomic E-state index is 12.7. The van der Waals surface area contributed by atoms with Crippen LogP contribution in [0.15, 0.2) is 30.3 Å². The summed E-state index contributed by atoms with van der Waals surface area (Å²) < 4.78 is 0. The molecule has 1 aromatic heterocycles. The van der Waals surface area contributed by atoms with E-state index < -0.39 is 0 Å². The summed E-state index contributed by atoms with van der Waals surface area (Å²) in [6, 6.07) is 9.41. The Bertz CT molecular complexity index is 918.